The molecule has 7 nitrogen and oxygen atoms in total. The van der Waals surface area contributed by atoms with E-state index >= 15 is 0 Å². The highest BCUT2D eigenvalue weighted by Gasteiger charge is 2.22. The van der Waals surface area contributed by atoms with Gasteiger partial charge < -0.3 is 25.9 Å². The largest absolute Gasteiger partial charge is 0.389 e. The van der Waals surface area contributed by atoms with Gasteiger partial charge in [0.25, 0.3) is 0 Å². The molecule has 7 heteroatoms. The monoisotopic (exact) mass is 433 g/mol. The van der Waals surface area contributed by atoms with Crippen molar-refractivity contribution in [3.05, 3.63) is 65.0 Å². The summed E-state index contributed by atoms with van der Waals surface area (Å²) < 4.78 is 7.63. The van der Waals surface area contributed by atoms with E-state index in [1.54, 1.807) is 13.8 Å². The maximum atomic E-state index is 10.5. The number of anilines is 1. The van der Waals surface area contributed by atoms with Gasteiger partial charge in [-0.15, -0.1) is 0 Å². The Balaban J connectivity index is 1.81. The van der Waals surface area contributed by atoms with Crippen LogP contribution in [-0.4, -0.2) is 31.8 Å². The van der Waals surface area contributed by atoms with Crippen LogP contribution in [-0.2, 0) is 30.9 Å². The number of ether oxygens (including phenoxy) is 1. The van der Waals surface area contributed by atoms with Gasteiger partial charge in [0.1, 0.15) is 17.9 Å². The molecule has 0 aliphatic heterocycles. The minimum atomic E-state index is -0.922. The molecule has 32 heavy (non-hydrogen) atoms. The van der Waals surface area contributed by atoms with Crippen LogP contribution in [0, 0.1) is 0 Å². The van der Waals surface area contributed by atoms with Crippen molar-refractivity contribution in [2.75, 3.05) is 12.3 Å². The fourth-order valence-electron chi connectivity index (χ4n) is 4.00. The zero-order chi connectivity index (χ0) is 22.9. The molecule has 2 aromatic carbocycles. The van der Waals surface area contributed by atoms with Crippen molar-refractivity contribution in [3.8, 4) is 0 Å². The van der Waals surface area contributed by atoms with Gasteiger partial charge in [0.15, 0.2) is 5.82 Å². The third-order valence-corrected chi connectivity index (χ3v) is 5.49. The molecule has 168 valence electrons. The number of nitrogens with zero attached hydrogens (tertiary/aromatic N) is 3. The highest BCUT2D eigenvalue weighted by Crippen LogP contribution is 2.31. The van der Waals surface area contributed by atoms with Crippen molar-refractivity contribution in [3.63, 3.8) is 0 Å². The van der Waals surface area contributed by atoms with Crippen LogP contribution in [0.3, 0.4) is 0 Å². The lowest BCUT2D eigenvalue weighted by Crippen LogP contribution is -2.27. The lowest BCUT2D eigenvalue weighted by Gasteiger charge is -2.20. The lowest BCUT2D eigenvalue weighted by molar-refractivity contribution is 0.0582. The van der Waals surface area contributed by atoms with Crippen molar-refractivity contribution in [1.82, 2.24) is 14.5 Å². The van der Waals surface area contributed by atoms with Crippen LogP contribution < -0.4 is 11.5 Å². The minimum Gasteiger partial charge on any atom is -0.389 e. The van der Waals surface area contributed by atoms with Crippen LogP contribution in [0.5, 0.6) is 0 Å². The van der Waals surface area contributed by atoms with E-state index in [-0.39, 0.29) is 0 Å². The van der Waals surface area contributed by atoms with Crippen LogP contribution in [0.15, 0.2) is 42.5 Å². The van der Waals surface area contributed by atoms with E-state index in [1.807, 2.05) is 11.5 Å². The van der Waals surface area contributed by atoms with Crippen molar-refractivity contribution >= 4 is 27.8 Å². The number of aromatic nitrogens is 3. The molecule has 2 heterocycles. The van der Waals surface area contributed by atoms with Gasteiger partial charge in [-0.25, -0.2) is 9.97 Å². The summed E-state index contributed by atoms with van der Waals surface area (Å²) in [5.41, 5.74) is 16.9. The first-order chi connectivity index (χ1) is 15.3. The minimum absolute atomic E-state index is 0.346. The highest BCUT2D eigenvalue weighted by atomic mass is 16.5. The molecule has 0 saturated carbocycles. The van der Waals surface area contributed by atoms with Gasteiger partial charge in [0.05, 0.1) is 23.2 Å². The maximum absolute atomic E-state index is 10.5. The predicted octanol–water partition coefficient (Wildman–Crippen LogP) is 3.52. The molecular formula is C25H31N5O2. The Kier molecular flexibility index (Phi) is 6.15. The van der Waals surface area contributed by atoms with E-state index in [1.165, 1.54) is 5.56 Å². The zero-order valence-electron chi connectivity index (χ0n) is 18.9. The number of imidazole rings is 1. The van der Waals surface area contributed by atoms with Gasteiger partial charge in [-0.05, 0) is 49.9 Å². The Morgan fingerprint density at radius 2 is 1.72 bits per heavy atom. The third-order valence-electron chi connectivity index (χ3n) is 5.49. The van der Waals surface area contributed by atoms with Crippen LogP contribution in [0.4, 0.5) is 5.82 Å². The van der Waals surface area contributed by atoms with E-state index in [0.29, 0.717) is 37.6 Å². The summed E-state index contributed by atoms with van der Waals surface area (Å²) in [7, 11) is 0. The Labute approximate surface area is 188 Å². The number of hydrogen-bond acceptors (Lipinski definition) is 6. The van der Waals surface area contributed by atoms with E-state index in [0.717, 1.165) is 39.8 Å². The molecule has 4 rings (SSSR count). The molecule has 0 radical (unpaired) electrons. The Morgan fingerprint density at radius 1 is 1.03 bits per heavy atom. The first kappa shape index (κ1) is 22.2. The second-order valence-electron chi connectivity index (χ2n) is 8.81. The van der Waals surface area contributed by atoms with Crippen LogP contribution in [0.25, 0.3) is 21.9 Å². The summed E-state index contributed by atoms with van der Waals surface area (Å²) in [6, 6.07) is 14.6. The number of aliphatic hydroxyl groups is 1. The smallest absolute Gasteiger partial charge is 0.152 e. The van der Waals surface area contributed by atoms with Crippen molar-refractivity contribution < 1.29 is 9.84 Å². The van der Waals surface area contributed by atoms with Gasteiger partial charge in [-0.2, -0.15) is 0 Å². The van der Waals surface area contributed by atoms with Crippen molar-refractivity contribution in [1.29, 1.82) is 0 Å². The molecule has 0 fully saturated rings. The SMILES string of the molecule is CCOCc1nc2c(N)nc3cc(Cc4ccc(CN)cc4)ccc3c2n1CC(C)(C)O. The van der Waals surface area contributed by atoms with Gasteiger partial charge in [0, 0.05) is 18.5 Å². The topological polar surface area (TPSA) is 112 Å². The Morgan fingerprint density at radius 3 is 2.38 bits per heavy atom. The Hall–Kier alpha value is -3.00. The third kappa shape index (κ3) is 4.60. The fourth-order valence-corrected chi connectivity index (χ4v) is 4.00. The normalized spacial score (nSPS) is 12.2. The molecule has 0 saturated heterocycles. The number of benzene rings is 2. The van der Waals surface area contributed by atoms with E-state index in [4.69, 9.17) is 21.2 Å². The first-order valence-electron chi connectivity index (χ1n) is 10.9. The number of pyridine rings is 1. The molecule has 0 spiro atoms. The second kappa shape index (κ2) is 8.86. The quantitative estimate of drug-likeness (QED) is 0.392. The molecule has 0 unspecified atom stereocenters. The molecule has 0 aliphatic rings. The summed E-state index contributed by atoms with van der Waals surface area (Å²) in [5, 5.41) is 11.5. The molecule has 5 N–H and O–H groups in total. The van der Waals surface area contributed by atoms with Crippen LogP contribution in [0.1, 0.15) is 43.3 Å². The van der Waals surface area contributed by atoms with Gasteiger partial charge >= 0.3 is 0 Å². The molecule has 0 bridgehead atoms. The highest BCUT2D eigenvalue weighted by molar-refractivity contribution is 6.06. The molecule has 0 atom stereocenters. The van der Waals surface area contributed by atoms with Crippen LogP contribution in [0.2, 0.25) is 0 Å². The molecular weight excluding hydrogens is 402 g/mol. The molecule has 0 aliphatic carbocycles. The summed E-state index contributed by atoms with van der Waals surface area (Å²) in [4.78, 5) is 9.37. The van der Waals surface area contributed by atoms with Gasteiger partial charge in [-0.3, -0.25) is 0 Å². The van der Waals surface area contributed by atoms with E-state index in [9.17, 15) is 5.11 Å². The van der Waals surface area contributed by atoms with E-state index < -0.39 is 5.60 Å². The standard InChI is InChI=1S/C25H31N5O2/c1-4-32-14-21-29-22-23(30(21)15-25(2,3)31)19-10-9-18(12-20(19)28-24(22)27)11-16-5-7-17(13-26)8-6-16/h5-10,12,31H,4,11,13-15,26H2,1-3H3,(H2,27,28). The first-order valence-corrected chi connectivity index (χ1v) is 10.9. The fraction of sp³-hybridized carbons (Fsp3) is 0.360. The maximum Gasteiger partial charge on any atom is 0.152 e. The summed E-state index contributed by atoms with van der Waals surface area (Å²) in [6.07, 6.45) is 0.791. The number of fused-ring (bicyclic) bond motifs is 3. The number of nitrogens with two attached hydrogens (primary N) is 2. The summed E-state index contributed by atoms with van der Waals surface area (Å²) in [5.74, 6) is 1.11. The van der Waals surface area contributed by atoms with E-state index in [2.05, 4.69) is 47.4 Å². The predicted molar refractivity (Wildman–Crippen MR) is 128 cm³/mol. The lowest BCUT2D eigenvalue weighted by atomic mass is 10.0. The average molecular weight is 434 g/mol. The second-order valence-corrected chi connectivity index (χ2v) is 8.81. The Bertz CT molecular complexity index is 1240. The van der Waals surface area contributed by atoms with Gasteiger partial charge in [-0.1, -0.05) is 36.4 Å². The van der Waals surface area contributed by atoms with Crippen LogP contribution >= 0.6 is 0 Å². The summed E-state index contributed by atoms with van der Waals surface area (Å²) >= 11 is 0. The zero-order valence-corrected chi connectivity index (χ0v) is 18.9. The van der Waals surface area contributed by atoms with Crippen molar-refractivity contribution in [2.24, 2.45) is 5.73 Å². The molecule has 2 aromatic heterocycles. The molecule has 4 aromatic rings. The van der Waals surface area contributed by atoms with Gasteiger partial charge in [0.2, 0.25) is 0 Å². The van der Waals surface area contributed by atoms with Crippen molar-refractivity contribution in [2.45, 2.75) is 52.5 Å². The number of hydrogen-bond donors (Lipinski definition) is 3. The number of nitrogen functional groups attached to an aromatic ring is 1. The number of rotatable bonds is 8. The molecule has 0 amide bonds. The average Bonchev–Trinajstić information content (AvgIpc) is 3.10. The summed E-state index contributed by atoms with van der Waals surface area (Å²) in [6.45, 7) is 7.35.